The van der Waals surface area contributed by atoms with E-state index in [2.05, 4.69) is 359 Å². The highest BCUT2D eigenvalue weighted by atomic mass is 15.2. The van der Waals surface area contributed by atoms with Crippen molar-refractivity contribution < 1.29 is 0 Å². The van der Waals surface area contributed by atoms with Crippen molar-refractivity contribution in [3.05, 3.63) is 340 Å². The maximum atomic E-state index is 2.38. The van der Waals surface area contributed by atoms with Gasteiger partial charge in [-0.2, -0.15) is 0 Å². The monoisotopic (exact) mass is 1020 g/mol. The van der Waals surface area contributed by atoms with E-state index in [1.807, 2.05) is 0 Å². The second-order valence-electron chi connectivity index (χ2n) is 19.8. The van der Waals surface area contributed by atoms with Crippen molar-refractivity contribution in [2.24, 2.45) is 0 Å². The minimum Gasteiger partial charge on any atom is -0.311 e. The molecule has 0 saturated carbocycles. The summed E-state index contributed by atoms with van der Waals surface area (Å²) in [4.78, 5) is 9.29. The van der Waals surface area contributed by atoms with Gasteiger partial charge in [0.1, 0.15) is 0 Å². The summed E-state index contributed by atoms with van der Waals surface area (Å²) < 4.78 is 0. The minimum atomic E-state index is 1.08. The Morgan fingerprint density at radius 2 is 0.338 bits per heavy atom. The average molecular weight is 1030 g/mol. The van der Waals surface area contributed by atoms with Gasteiger partial charge in [0.15, 0.2) is 0 Å². The fourth-order valence-corrected chi connectivity index (χ4v) is 10.9. The van der Waals surface area contributed by atoms with Crippen LogP contribution in [0.25, 0.3) is 44.2 Å². The Morgan fingerprint density at radius 1 is 0.138 bits per heavy atom. The molecule has 0 amide bonds. The third-order valence-corrected chi connectivity index (χ3v) is 14.8. The van der Waals surface area contributed by atoms with Crippen LogP contribution in [0.5, 0.6) is 0 Å². The van der Waals surface area contributed by atoms with E-state index in [1.54, 1.807) is 0 Å². The zero-order valence-corrected chi connectivity index (χ0v) is 44.1. The molecule has 4 heteroatoms. The van der Waals surface area contributed by atoms with Crippen LogP contribution in [0, 0.1) is 0 Å². The molecule has 0 atom stereocenters. The van der Waals surface area contributed by atoms with Gasteiger partial charge in [0.2, 0.25) is 0 Å². The van der Waals surface area contributed by atoms with Crippen molar-refractivity contribution in [2.45, 2.75) is 0 Å². The van der Waals surface area contributed by atoms with Crippen molar-refractivity contribution in [1.82, 2.24) is 0 Å². The Bertz CT molecular complexity index is 4020. The van der Waals surface area contributed by atoms with Crippen molar-refractivity contribution >= 4 is 79.0 Å². The Balaban J connectivity index is 0.763. The lowest BCUT2D eigenvalue weighted by Crippen LogP contribution is -2.10. The van der Waals surface area contributed by atoms with E-state index in [4.69, 9.17) is 0 Å². The molecule has 0 saturated heterocycles. The third kappa shape index (κ3) is 10.2. The topological polar surface area (TPSA) is 13.0 Å². The molecule has 13 aromatic carbocycles. The highest BCUT2D eigenvalue weighted by Gasteiger charge is 2.19. The molecule has 0 aromatic heterocycles. The molecule has 13 aromatic rings. The Morgan fingerprint density at radius 3 is 0.600 bits per heavy atom. The summed E-state index contributed by atoms with van der Waals surface area (Å²) in [6.45, 7) is 0. The zero-order chi connectivity index (χ0) is 53.5. The molecule has 13 rings (SSSR count). The van der Waals surface area contributed by atoms with Crippen LogP contribution < -0.4 is 19.6 Å². The largest absolute Gasteiger partial charge is 0.311 e. The smallest absolute Gasteiger partial charge is 0.0540 e. The molecule has 0 fully saturated rings. The first-order valence-corrected chi connectivity index (χ1v) is 27.2. The van der Waals surface area contributed by atoms with Crippen LogP contribution in [0.1, 0.15) is 0 Å². The number of benzene rings is 13. The molecule has 0 N–H and O–H groups in total. The summed E-state index contributed by atoms with van der Waals surface area (Å²) in [6, 6.07) is 121. The van der Waals surface area contributed by atoms with E-state index in [0.717, 1.165) is 102 Å². The molecule has 0 aliphatic heterocycles. The summed E-state index contributed by atoms with van der Waals surface area (Å²) in [5.41, 5.74) is 20.2. The molecular formula is C76H56N4. The van der Waals surface area contributed by atoms with E-state index in [1.165, 1.54) is 10.8 Å². The number of para-hydroxylation sites is 5. The molecule has 0 bridgehead atoms. The Hall–Kier alpha value is -10.7. The van der Waals surface area contributed by atoms with Crippen LogP contribution in [0.15, 0.2) is 340 Å². The van der Waals surface area contributed by atoms with E-state index >= 15 is 0 Å². The Kier molecular flexibility index (Phi) is 13.8. The first-order chi connectivity index (χ1) is 39.7. The first kappa shape index (κ1) is 48.9. The second-order valence-corrected chi connectivity index (χ2v) is 19.8. The molecule has 380 valence electrons. The van der Waals surface area contributed by atoms with Crippen LogP contribution >= 0.6 is 0 Å². The van der Waals surface area contributed by atoms with Gasteiger partial charge in [0.25, 0.3) is 0 Å². The number of anilines is 12. The van der Waals surface area contributed by atoms with Crippen LogP contribution in [-0.2, 0) is 0 Å². The van der Waals surface area contributed by atoms with Gasteiger partial charge in [-0.3, -0.25) is 0 Å². The molecule has 0 unspecified atom stereocenters. The normalized spacial score (nSPS) is 11.0. The second kappa shape index (κ2) is 22.5. The first-order valence-electron chi connectivity index (χ1n) is 27.2. The van der Waals surface area contributed by atoms with E-state index < -0.39 is 0 Å². The van der Waals surface area contributed by atoms with Gasteiger partial charge in [-0.05, 0) is 178 Å². The SMILES string of the molecule is c1ccc(N(c2ccccc2)c2ccc(-c3ccc(N(c4ccccc4)c4ccc(-c5ccc(N(c6ccc(-c7ccc(N(c8ccccc8)c8ccccc8)cc7)cc6)c6cccc7ccccc67)cc5)cc4)cc3)cc2)cc1. The summed E-state index contributed by atoms with van der Waals surface area (Å²) in [7, 11) is 0. The zero-order valence-electron chi connectivity index (χ0n) is 44.1. The number of rotatable bonds is 15. The maximum Gasteiger partial charge on any atom is 0.0540 e. The molecular weight excluding hydrogens is 969 g/mol. The van der Waals surface area contributed by atoms with Gasteiger partial charge in [-0.1, -0.05) is 200 Å². The van der Waals surface area contributed by atoms with Gasteiger partial charge in [-0.15, -0.1) is 0 Å². The third-order valence-electron chi connectivity index (χ3n) is 14.8. The number of nitrogens with zero attached hydrogens (tertiary/aromatic N) is 4. The van der Waals surface area contributed by atoms with Crippen molar-refractivity contribution in [3.63, 3.8) is 0 Å². The molecule has 0 radical (unpaired) electrons. The van der Waals surface area contributed by atoms with Gasteiger partial charge in [0.05, 0.1) is 5.69 Å². The number of fused-ring (bicyclic) bond motifs is 1. The van der Waals surface area contributed by atoms with Crippen molar-refractivity contribution in [1.29, 1.82) is 0 Å². The fraction of sp³-hybridized carbons (Fsp3) is 0. The summed E-state index contributed by atoms with van der Waals surface area (Å²) in [5, 5.41) is 2.39. The summed E-state index contributed by atoms with van der Waals surface area (Å²) in [5.74, 6) is 0. The van der Waals surface area contributed by atoms with E-state index in [-0.39, 0.29) is 0 Å². The number of hydrogen-bond acceptors (Lipinski definition) is 4. The maximum absolute atomic E-state index is 2.38. The van der Waals surface area contributed by atoms with Crippen LogP contribution in [0.3, 0.4) is 0 Å². The molecule has 80 heavy (non-hydrogen) atoms. The lowest BCUT2D eigenvalue weighted by Gasteiger charge is -2.27. The lowest BCUT2D eigenvalue weighted by atomic mass is 10.0. The highest BCUT2D eigenvalue weighted by Crippen LogP contribution is 2.43. The molecule has 4 nitrogen and oxygen atoms in total. The minimum absolute atomic E-state index is 1.08. The molecule has 0 heterocycles. The van der Waals surface area contributed by atoms with E-state index in [0.29, 0.717) is 0 Å². The molecule has 0 aliphatic rings. The van der Waals surface area contributed by atoms with Crippen LogP contribution in [0.4, 0.5) is 68.2 Å². The van der Waals surface area contributed by atoms with Crippen LogP contribution in [0.2, 0.25) is 0 Å². The predicted octanol–water partition coefficient (Wildman–Crippen LogP) is 21.7. The number of hydrogen-bond donors (Lipinski definition) is 0. The molecule has 0 spiro atoms. The van der Waals surface area contributed by atoms with Crippen molar-refractivity contribution in [2.75, 3.05) is 19.6 Å². The molecule has 0 aliphatic carbocycles. The highest BCUT2D eigenvalue weighted by molar-refractivity contribution is 5.99. The van der Waals surface area contributed by atoms with Crippen LogP contribution in [-0.4, -0.2) is 0 Å². The van der Waals surface area contributed by atoms with Gasteiger partial charge in [-0.25, -0.2) is 0 Å². The van der Waals surface area contributed by atoms with Gasteiger partial charge in [0, 0.05) is 67.9 Å². The van der Waals surface area contributed by atoms with Gasteiger partial charge >= 0.3 is 0 Å². The van der Waals surface area contributed by atoms with Crippen molar-refractivity contribution in [3.8, 4) is 33.4 Å². The quantitative estimate of drug-likeness (QED) is 0.101. The summed E-state index contributed by atoms with van der Waals surface area (Å²) >= 11 is 0. The lowest BCUT2D eigenvalue weighted by molar-refractivity contribution is 1.28. The van der Waals surface area contributed by atoms with E-state index in [9.17, 15) is 0 Å². The summed E-state index contributed by atoms with van der Waals surface area (Å²) in [6.07, 6.45) is 0. The predicted molar refractivity (Wildman–Crippen MR) is 339 cm³/mol. The fourth-order valence-electron chi connectivity index (χ4n) is 10.9. The average Bonchev–Trinajstić information content (AvgIpc) is 3.59. The van der Waals surface area contributed by atoms with Gasteiger partial charge < -0.3 is 19.6 Å². The standard InChI is InChI=1S/C76H56N4/c1-6-21-64(22-7-1)77(65-23-8-2-9-24-65)69-45-33-57(34-46-69)58-37-49-71(50-38-58)79(68-29-14-5-15-30-68)72-51-39-60(40-52-72)62-43-55-74(56-44-62)80(76-32-18-20-63-19-16-17-31-75(63)76)73-53-41-61(42-54-73)59-35-47-70(48-36-59)78(66-25-10-3-11-26-66)67-27-12-4-13-28-67/h1-56H. The Labute approximate surface area is 469 Å².